The molecule has 0 bridgehead atoms. The van der Waals surface area contributed by atoms with Crippen molar-refractivity contribution in [3.05, 3.63) is 45.9 Å². The minimum atomic E-state index is -4.69. The molecule has 0 unspecified atom stereocenters. The molecule has 0 saturated carbocycles. The van der Waals surface area contributed by atoms with Gasteiger partial charge in [-0.05, 0) is 17.7 Å². The number of rotatable bonds is 7. The second kappa shape index (κ2) is 8.88. The van der Waals surface area contributed by atoms with Crippen LogP contribution in [0.3, 0.4) is 0 Å². The van der Waals surface area contributed by atoms with Crippen LogP contribution < -0.4 is 15.8 Å². The number of ether oxygens (including phenoxy) is 1. The van der Waals surface area contributed by atoms with Gasteiger partial charge < -0.3 is 15.8 Å². The molecule has 3 N–H and O–H groups in total. The highest BCUT2D eigenvalue weighted by molar-refractivity contribution is 7.09. The highest BCUT2D eigenvalue weighted by Gasteiger charge is 2.30. The van der Waals surface area contributed by atoms with Crippen molar-refractivity contribution in [2.75, 3.05) is 6.54 Å². The number of thiazole rings is 1. The van der Waals surface area contributed by atoms with Crippen molar-refractivity contribution in [1.82, 2.24) is 10.3 Å². The first kappa shape index (κ1) is 20.0. The third-order valence-electron chi connectivity index (χ3n) is 3.34. The molecule has 1 aromatic heterocycles. The molecule has 1 aromatic carbocycles. The third-order valence-corrected chi connectivity index (χ3v) is 4.53. The predicted molar refractivity (Wildman–Crippen MR) is 96.4 cm³/mol. The van der Waals surface area contributed by atoms with Gasteiger partial charge in [0.25, 0.3) is 0 Å². The summed E-state index contributed by atoms with van der Waals surface area (Å²) in [5, 5.41) is 6.15. The minimum absolute atomic E-state index is 0.263. The number of nitrogens with one attached hydrogen (secondary N) is 1. The molecule has 5 nitrogen and oxygen atoms in total. The SMILES string of the molecule is CC(C)c1nc(CCNC(N)=NCc2ccc(OC(F)(F)F)cc2)cs1. The summed E-state index contributed by atoms with van der Waals surface area (Å²) >= 11 is 1.65. The average Bonchev–Trinajstić information content (AvgIpc) is 3.02. The van der Waals surface area contributed by atoms with E-state index in [-0.39, 0.29) is 18.3 Å². The highest BCUT2D eigenvalue weighted by atomic mass is 32.1. The van der Waals surface area contributed by atoms with Gasteiger partial charge in [-0.25, -0.2) is 9.98 Å². The molecule has 0 amide bonds. The number of nitrogens with zero attached hydrogens (tertiary/aromatic N) is 2. The van der Waals surface area contributed by atoms with Crippen LogP contribution in [0.1, 0.15) is 36.0 Å². The Morgan fingerprint density at radius 3 is 2.58 bits per heavy atom. The van der Waals surface area contributed by atoms with Crippen molar-refractivity contribution in [2.24, 2.45) is 10.7 Å². The van der Waals surface area contributed by atoms with Crippen LogP contribution in [-0.2, 0) is 13.0 Å². The van der Waals surface area contributed by atoms with E-state index in [0.717, 1.165) is 22.7 Å². The van der Waals surface area contributed by atoms with Crippen LogP contribution in [-0.4, -0.2) is 23.9 Å². The number of nitrogens with two attached hydrogens (primary N) is 1. The van der Waals surface area contributed by atoms with Crippen molar-refractivity contribution in [1.29, 1.82) is 0 Å². The summed E-state index contributed by atoms with van der Waals surface area (Å²) in [4.78, 5) is 8.71. The van der Waals surface area contributed by atoms with Crippen molar-refractivity contribution in [2.45, 2.75) is 39.1 Å². The third kappa shape index (κ3) is 6.91. The number of halogens is 3. The van der Waals surface area contributed by atoms with E-state index in [9.17, 15) is 13.2 Å². The summed E-state index contributed by atoms with van der Waals surface area (Å²) in [5.74, 6) is 0.432. The van der Waals surface area contributed by atoms with Gasteiger partial charge in [0.15, 0.2) is 5.96 Å². The smallest absolute Gasteiger partial charge is 0.406 e. The van der Waals surface area contributed by atoms with E-state index in [1.54, 1.807) is 11.3 Å². The molecular formula is C17H21F3N4OS. The zero-order valence-electron chi connectivity index (χ0n) is 14.5. The molecule has 0 aliphatic carbocycles. The maximum Gasteiger partial charge on any atom is 0.573 e. The first-order chi connectivity index (χ1) is 12.2. The number of hydrogen-bond donors (Lipinski definition) is 2. The Balaban J connectivity index is 1.76. The molecule has 0 aliphatic rings. The van der Waals surface area contributed by atoms with E-state index >= 15 is 0 Å². The van der Waals surface area contributed by atoms with Gasteiger partial charge in [-0.2, -0.15) is 0 Å². The number of hydrogen-bond acceptors (Lipinski definition) is 4. The van der Waals surface area contributed by atoms with E-state index in [2.05, 4.69) is 33.9 Å². The lowest BCUT2D eigenvalue weighted by molar-refractivity contribution is -0.274. The number of aromatic nitrogens is 1. The van der Waals surface area contributed by atoms with E-state index in [0.29, 0.717) is 12.5 Å². The fraction of sp³-hybridized carbons (Fsp3) is 0.412. The van der Waals surface area contributed by atoms with Gasteiger partial charge in [0.1, 0.15) is 5.75 Å². The second-order valence-corrected chi connectivity index (χ2v) is 6.79. The minimum Gasteiger partial charge on any atom is -0.406 e. The van der Waals surface area contributed by atoms with Gasteiger partial charge in [0, 0.05) is 24.3 Å². The molecule has 0 saturated heterocycles. The zero-order chi connectivity index (χ0) is 19.2. The lowest BCUT2D eigenvalue weighted by Crippen LogP contribution is -2.33. The molecule has 0 radical (unpaired) electrons. The summed E-state index contributed by atoms with van der Waals surface area (Å²) < 4.78 is 40.1. The van der Waals surface area contributed by atoms with Gasteiger partial charge in [-0.15, -0.1) is 24.5 Å². The van der Waals surface area contributed by atoms with Crippen LogP contribution >= 0.6 is 11.3 Å². The molecular weight excluding hydrogens is 365 g/mol. The quantitative estimate of drug-likeness (QED) is 0.561. The van der Waals surface area contributed by atoms with Crippen molar-refractivity contribution in [3.8, 4) is 5.75 Å². The number of alkyl halides is 3. The van der Waals surface area contributed by atoms with Crippen LogP contribution in [0.5, 0.6) is 5.75 Å². The first-order valence-corrected chi connectivity index (χ1v) is 8.93. The van der Waals surface area contributed by atoms with Gasteiger partial charge in [-0.3, -0.25) is 0 Å². The largest absolute Gasteiger partial charge is 0.573 e. The van der Waals surface area contributed by atoms with E-state index in [4.69, 9.17) is 5.73 Å². The summed E-state index contributed by atoms with van der Waals surface area (Å²) in [7, 11) is 0. The van der Waals surface area contributed by atoms with E-state index < -0.39 is 6.36 Å². The van der Waals surface area contributed by atoms with E-state index in [1.807, 2.05) is 5.38 Å². The van der Waals surface area contributed by atoms with Crippen LogP contribution in [0.2, 0.25) is 0 Å². The average molecular weight is 386 g/mol. The molecule has 142 valence electrons. The number of guanidine groups is 1. The van der Waals surface area contributed by atoms with Gasteiger partial charge in [0.05, 0.1) is 17.2 Å². The maximum absolute atomic E-state index is 12.1. The number of benzene rings is 1. The Kier molecular flexibility index (Phi) is 6.84. The normalized spacial score (nSPS) is 12.5. The highest BCUT2D eigenvalue weighted by Crippen LogP contribution is 2.23. The van der Waals surface area contributed by atoms with Crippen LogP contribution in [0.25, 0.3) is 0 Å². The molecule has 0 aliphatic heterocycles. The molecule has 2 rings (SSSR count). The predicted octanol–water partition coefficient (Wildman–Crippen LogP) is 3.81. The van der Waals surface area contributed by atoms with Gasteiger partial charge in [0.2, 0.25) is 0 Å². The van der Waals surface area contributed by atoms with Gasteiger partial charge in [-0.1, -0.05) is 26.0 Å². The van der Waals surface area contributed by atoms with Crippen LogP contribution in [0.4, 0.5) is 13.2 Å². The Labute approximate surface area is 154 Å². The van der Waals surface area contributed by atoms with Crippen LogP contribution in [0, 0.1) is 0 Å². The Hall–Kier alpha value is -2.29. The molecule has 9 heteroatoms. The van der Waals surface area contributed by atoms with Crippen molar-refractivity contribution >= 4 is 17.3 Å². The van der Waals surface area contributed by atoms with E-state index in [1.165, 1.54) is 24.3 Å². The maximum atomic E-state index is 12.1. The Morgan fingerprint density at radius 2 is 2.00 bits per heavy atom. The molecule has 0 spiro atoms. The lowest BCUT2D eigenvalue weighted by atomic mass is 10.2. The second-order valence-electron chi connectivity index (χ2n) is 5.90. The lowest BCUT2D eigenvalue weighted by Gasteiger charge is -2.09. The molecule has 26 heavy (non-hydrogen) atoms. The fourth-order valence-corrected chi connectivity index (χ4v) is 2.92. The number of aliphatic imine (C=N–C) groups is 1. The standard InChI is InChI=1S/C17H21F3N4OS/c1-11(2)15-24-13(10-26-15)7-8-22-16(21)23-9-12-3-5-14(6-4-12)25-17(18,19)20/h3-6,10-11H,7-9H2,1-2H3,(H3,21,22,23). The zero-order valence-corrected chi connectivity index (χ0v) is 15.3. The van der Waals surface area contributed by atoms with Crippen molar-refractivity contribution in [3.63, 3.8) is 0 Å². The summed E-state index contributed by atoms with van der Waals surface area (Å²) in [6.07, 6.45) is -3.95. The molecule has 2 aromatic rings. The Morgan fingerprint density at radius 1 is 1.31 bits per heavy atom. The molecule has 1 heterocycles. The monoisotopic (exact) mass is 386 g/mol. The van der Waals surface area contributed by atoms with Crippen molar-refractivity contribution < 1.29 is 17.9 Å². The fourth-order valence-electron chi connectivity index (χ4n) is 2.05. The molecule has 0 fully saturated rings. The first-order valence-electron chi connectivity index (χ1n) is 8.05. The Bertz CT molecular complexity index is 726. The van der Waals surface area contributed by atoms with Crippen LogP contribution in [0.15, 0.2) is 34.6 Å². The summed E-state index contributed by atoms with van der Waals surface area (Å²) in [5.41, 5.74) is 7.54. The summed E-state index contributed by atoms with van der Waals surface area (Å²) in [6.45, 7) is 5.08. The molecule has 0 atom stereocenters. The van der Waals surface area contributed by atoms with Gasteiger partial charge >= 0.3 is 6.36 Å². The summed E-state index contributed by atoms with van der Waals surface area (Å²) in [6, 6.07) is 5.52. The topological polar surface area (TPSA) is 72.5 Å².